The van der Waals surface area contributed by atoms with Crippen LogP contribution in [0.3, 0.4) is 0 Å². The largest absolute Gasteiger partial charge is 0.494 e. The summed E-state index contributed by atoms with van der Waals surface area (Å²) in [5, 5.41) is -0.339. The van der Waals surface area contributed by atoms with Crippen molar-refractivity contribution in [3.05, 3.63) is 101 Å². The fraction of sp³-hybridized carbons (Fsp3) is 0.323. The maximum Gasteiger partial charge on any atom is 0.266 e. The normalized spacial score (nSPS) is 12.9. The summed E-state index contributed by atoms with van der Waals surface area (Å²) in [7, 11) is 0. The van der Waals surface area contributed by atoms with Gasteiger partial charge in [0.15, 0.2) is 0 Å². The Morgan fingerprint density at radius 1 is 0.974 bits per heavy atom. The molecule has 1 heterocycles. The fourth-order valence-corrected chi connectivity index (χ4v) is 4.75. The standard InChI is InChI=1S/C31H34ClN3O3/c1-5-38-25-17-15-24(16-18-25)35-29(33-27-14-10-9-13-26(27)30(35)36)22(4)34(20-19-21(2)3)31(37)28(32)23-11-7-6-8-12-23/h6-18,21-22,28H,5,19-20H2,1-4H3. The molecular weight excluding hydrogens is 498 g/mol. The fourth-order valence-electron chi connectivity index (χ4n) is 4.48. The summed E-state index contributed by atoms with van der Waals surface area (Å²) in [6, 6.07) is 23.5. The summed E-state index contributed by atoms with van der Waals surface area (Å²) < 4.78 is 7.20. The first-order chi connectivity index (χ1) is 18.3. The number of rotatable bonds is 10. The van der Waals surface area contributed by atoms with Crippen LogP contribution < -0.4 is 10.3 Å². The lowest BCUT2D eigenvalue weighted by atomic mass is 10.1. The highest BCUT2D eigenvalue weighted by atomic mass is 35.5. The van der Waals surface area contributed by atoms with E-state index in [0.29, 0.717) is 47.2 Å². The van der Waals surface area contributed by atoms with Crippen LogP contribution in [0.15, 0.2) is 83.7 Å². The first-order valence-electron chi connectivity index (χ1n) is 13.1. The summed E-state index contributed by atoms with van der Waals surface area (Å²) >= 11 is 6.73. The van der Waals surface area contributed by atoms with E-state index in [0.717, 1.165) is 12.0 Å². The molecule has 0 aliphatic heterocycles. The average Bonchev–Trinajstić information content (AvgIpc) is 2.93. The quantitative estimate of drug-likeness (QED) is 0.214. The van der Waals surface area contributed by atoms with Crippen LogP contribution in [0, 0.1) is 5.92 Å². The maximum atomic E-state index is 13.8. The predicted octanol–water partition coefficient (Wildman–Crippen LogP) is 6.70. The molecule has 6 nitrogen and oxygen atoms in total. The molecule has 38 heavy (non-hydrogen) atoms. The highest BCUT2D eigenvalue weighted by molar-refractivity contribution is 6.30. The molecular formula is C31H34ClN3O3. The van der Waals surface area contributed by atoms with Crippen LogP contribution in [0.2, 0.25) is 0 Å². The number of halogens is 1. The summed E-state index contributed by atoms with van der Waals surface area (Å²) in [6.45, 7) is 9.11. The zero-order chi connectivity index (χ0) is 27.2. The molecule has 2 atom stereocenters. The first-order valence-corrected chi connectivity index (χ1v) is 13.5. The highest BCUT2D eigenvalue weighted by Crippen LogP contribution is 2.30. The second-order valence-corrected chi connectivity index (χ2v) is 10.2. The van der Waals surface area contributed by atoms with Crippen molar-refractivity contribution in [2.24, 2.45) is 5.92 Å². The van der Waals surface area contributed by atoms with E-state index in [4.69, 9.17) is 21.3 Å². The van der Waals surface area contributed by atoms with Crippen LogP contribution >= 0.6 is 11.6 Å². The van der Waals surface area contributed by atoms with Gasteiger partial charge in [-0.1, -0.05) is 56.3 Å². The van der Waals surface area contributed by atoms with Crippen molar-refractivity contribution in [3.63, 3.8) is 0 Å². The molecule has 1 aromatic heterocycles. The number of ether oxygens (including phenoxy) is 1. The number of hydrogen-bond acceptors (Lipinski definition) is 4. The van der Waals surface area contributed by atoms with E-state index in [1.165, 1.54) is 0 Å². The SMILES string of the molecule is CCOc1ccc(-n2c(C(C)N(CCC(C)C)C(=O)C(Cl)c3ccccc3)nc3ccccc3c2=O)cc1. The molecule has 4 aromatic rings. The van der Waals surface area contributed by atoms with E-state index >= 15 is 0 Å². The van der Waals surface area contributed by atoms with E-state index in [2.05, 4.69) is 13.8 Å². The van der Waals surface area contributed by atoms with E-state index in [1.807, 2.05) is 86.6 Å². The third-order valence-corrected chi connectivity index (χ3v) is 7.03. The van der Waals surface area contributed by atoms with Gasteiger partial charge in [-0.05, 0) is 68.1 Å². The van der Waals surface area contributed by atoms with Crippen molar-refractivity contribution >= 4 is 28.4 Å². The van der Waals surface area contributed by atoms with Crippen LogP contribution in [0.5, 0.6) is 5.75 Å². The number of benzene rings is 3. The van der Waals surface area contributed by atoms with Crippen molar-refractivity contribution in [2.45, 2.75) is 45.5 Å². The Labute approximate surface area is 228 Å². The van der Waals surface area contributed by atoms with Gasteiger partial charge in [0.1, 0.15) is 17.0 Å². The zero-order valence-corrected chi connectivity index (χ0v) is 23.1. The molecule has 0 N–H and O–H groups in total. The molecule has 0 radical (unpaired) electrons. The van der Waals surface area contributed by atoms with Gasteiger partial charge in [0.25, 0.3) is 5.56 Å². The zero-order valence-electron chi connectivity index (χ0n) is 22.3. The van der Waals surface area contributed by atoms with Crippen LogP contribution in [0.1, 0.15) is 56.9 Å². The molecule has 7 heteroatoms. The number of nitrogens with zero attached hydrogens (tertiary/aromatic N) is 3. The second-order valence-electron chi connectivity index (χ2n) is 9.72. The van der Waals surface area contributed by atoms with Gasteiger partial charge >= 0.3 is 0 Å². The smallest absolute Gasteiger partial charge is 0.266 e. The summed E-state index contributed by atoms with van der Waals surface area (Å²) in [5.74, 6) is 1.36. The van der Waals surface area contributed by atoms with Crippen LogP contribution in [-0.2, 0) is 4.79 Å². The summed E-state index contributed by atoms with van der Waals surface area (Å²) in [6.07, 6.45) is 0.787. The molecule has 0 spiro atoms. The highest BCUT2D eigenvalue weighted by Gasteiger charge is 2.31. The van der Waals surface area contributed by atoms with Crippen LogP contribution in [-0.4, -0.2) is 33.5 Å². The van der Waals surface area contributed by atoms with E-state index < -0.39 is 11.4 Å². The summed E-state index contributed by atoms with van der Waals surface area (Å²) in [4.78, 5) is 34.4. The Morgan fingerprint density at radius 3 is 2.29 bits per heavy atom. The first kappa shape index (κ1) is 27.4. The number of alkyl halides is 1. The van der Waals surface area contributed by atoms with Gasteiger partial charge in [-0.15, -0.1) is 11.6 Å². The van der Waals surface area contributed by atoms with Gasteiger partial charge in [0, 0.05) is 6.54 Å². The number of carbonyl (C=O) groups excluding carboxylic acids is 1. The van der Waals surface area contributed by atoms with Crippen molar-refractivity contribution in [2.75, 3.05) is 13.2 Å². The lowest BCUT2D eigenvalue weighted by Crippen LogP contribution is -2.40. The van der Waals surface area contributed by atoms with Gasteiger partial charge in [0.2, 0.25) is 5.91 Å². The van der Waals surface area contributed by atoms with Gasteiger partial charge in [-0.25, -0.2) is 4.98 Å². The Hall–Kier alpha value is -3.64. The molecule has 0 aliphatic rings. The van der Waals surface area contributed by atoms with Gasteiger partial charge in [-0.2, -0.15) is 0 Å². The van der Waals surface area contributed by atoms with E-state index in [9.17, 15) is 9.59 Å². The molecule has 0 saturated heterocycles. The number of aromatic nitrogens is 2. The molecule has 198 valence electrons. The number of carbonyl (C=O) groups is 1. The minimum absolute atomic E-state index is 0.191. The van der Waals surface area contributed by atoms with Crippen molar-refractivity contribution < 1.29 is 9.53 Å². The number of fused-ring (bicyclic) bond motifs is 1. The average molecular weight is 532 g/mol. The van der Waals surface area contributed by atoms with Crippen LogP contribution in [0.25, 0.3) is 16.6 Å². The van der Waals surface area contributed by atoms with Crippen molar-refractivity contribution in [1.82, 2.24) is 14.5 Å². The lowest BCUT2D eigenvalue weighted by molar-refractivity contribution is -0.133. The third kappa shape index (κ3) is 5.91. The van der Waals surface area contributed by atoms with Crippen molar-refractivity contribution in [3.8, 4) is 11.4 Å². The van der Waals surface area contributed by atoms with E-state index in [1.54, 1.807) is 15.5 Å². The molecule has 0 fully saturated rings. The molecule has 0 saturated carbocycles. The predicted molar refractivity (Wildman–Crippen MR) is 153 cm³/mol. The van der Waals surface area contributed by atoms with Gasteiger partial charge in [-0.3, -0.25) is 14.2 Å². The molecule has 1 amide bonds. The topological polar surface area (TPSA) is 64.4 Å². The maximum absolute atomic E-state index is 13.8. The molecule has 3 aromatic carbocycles. The number of para-hydroxylation sites is 1. The second kappa shape index (κ2) is 12.3. The Kier molecular flexibility index (Phi) is 8.85. The molecule has 2 unspecified atom stereocenters. The van der Waals surface area contributed by atoms with Gasteiger partial charge < -0.3 is 9.64 Å². The summed E-state index contributed by atoms with van der Waals surface area (Å²) in [5.41, 5.74) is 1.78. The number of hydrogen-bond donors (Lipinski definition) is 0. The monoisotopic (exact) mass is 531 g/mol. The minimum Gasteiger partial charge on any atom is -0.494 e. The van der Waals surface area contributed by atoms with Crippen LogP contribution in [0.4, 0.5) is 0 Å². The van der Waals surface area contributed by atoms with E-state index in [-0.39, 0.29) is 11.5 Å². The third-order valence-electron chi connectivity index (χ3n) is 6.59. The Morgan fingerprint density at radius 2 is 1.63 bits per heavy atom. The lowest BCUT2D eigenvalue weighted by Gasteiger charge is -2.32. The van der Waals surface area contributed by atoms with Crippen molar-refractivity contribution in [1.29, 1.82) is 0 Å². The number of amides is 1. The Balaban J connectivity index is 1.84. The molecule has 4 rings (SSSR count). The Bertz CT molecular complexity index is 1430. The molecule has 0 aliphatic carbocycles. The van der Waals surface area contributed by atoms with Gasteiger partial charge in [0.05, 0.1) is 29.2 Å². The molecule has 0 bridgehead atoms. The minimum atomic E-state index is -0.850.